The first-order chi connectivity index (χ1) is 13.6. The van der Waals surface area contributed by atoms with Crippen LogP contribution in [0.1, 0.15) is 34.1 Å². The van der Waals surface area contributed by atoms with Crippen LogP contribution in [-0.4, -0.2) is 23.2 Å². The third kappa shape index (κ3) is 4.46. The van der Waals surface area contributed by atoms with Gasteiger partial charge in [-0.1, -0.05) is 43.3 Å². The second kappa shape index (κ2) is 8.99. The van der Waals surface area contributed by atoms with Crippen molar-refractivity contribution in [2.24, 2.45) is 0 Å². The van der Waals surface area contributed by atoms with Crippen molar-refractivity contribution >= 4 is 17.4 Å². The summed E-state index contributed by atoms with van der Waals surface area (Å²) in [6.07, 6.45) is 0.842. The standard InChI is InChI=1S/C22H24N4O2/c1-4-16-10-7-8-15(2)21(16)24-22(27)18-12-13-20(26-25-18)23-14-17-9-5-6-11-19(17)28-3/h5-13H,4,14H2,1-3H3,(H,23,26)(H,24,27). The number of hydrogen-bond acceptors (Lipinski definition) is 5. The Morgan fingerprint density at radius 3 is 2.50 bits per heavy atom. The third-order valence-electron chi connectivity index (χ3n) is 4.53. The molecule has 1 heterocycles. The molecule has 2 N–H and O–H groups in total. The fraction of sp³-hybridized carbons (Fsp3) is 0.227. The molecule has 0 aliphatic carbocycles. The maximum absolute atomic E-state index is 12.6. The number of nitrogens with one attached hydrogen (secondary N) is 2. The Bertz CT molecular complexity index is 955. The molecule has 0 saturated carbocycles. The van der Waals surface area contributed by atoms with Crippen molar-refractivity contribution in [3.63, 3.8) is 0 Å². The lowest BCUT2D eigenvalue weighted by Crippen LogP contribution is -2.16. The van der Waals surface area contributed by atoms with Crippen LogP contribution in [0.3, 0.4) is 0 Å². The van der Waals surface area contributed by atoms with Gasteiger partial charge >= 0.3 is 0 Å². The molecule has 0 aliphatic rings. The molecule has 1 amide bonds. The molecule has 144 valence electrons. The molecule has 3 rings (SSSR count). The number of amides is 1. The van der Waals surface area contributed by atoms with Gasteiger partial charge in [0, 0.05) is 17.8 Å². The van der Waals surface area contributed by atoms with Crippen molar-refractivity contribution in [3.05, 3.63) is 77.0 Å². The van der Waals surface area contributed by atoms with Crippen LogP contribution >= 0.6 is 0 Å². The van der Waals surface area contributed by atoms with E-state index in [1.807, 2.05) is 49.4 Å². The molecule has 6 heteroatoms. The number of ether oxygens (including phenoxy) is 1. The maximum atomic E-state index is 12.6. The Labute approximate surface area is 165 Å². The van der Waals surface area contributed by atoms with Crippen molar-refractivity contribution in [2.75, 3.05) is 17.7 Å². The zero-order chi connectivity index (χ0) is 19.9. The summed E-state index contributed by atoms with van der Waals surface area (Å²) in [5.74, 6) is 1.13. The minimum Gasteiger partial charge on any atom is -0.496 e. The number of aromatic nitrogens is 2. The lowest BCUT2D eigenvalue weighted by molar-refractivity contribution is 0.102. The first-order valence-corrected chi connectivity index (χ1v) is 9.21. The largest absolute Gasteiger partial charge is 0.496 e. The molecule has 0 aliphatic heterocycles. The Kier molecular flexibility index (Phi) is 6.22. The van der Waals surface area contributed by atoms with Gasteiger partial charge in [0.2, 0.25) is 0 Å². The summed E-state index contributed by atoms with van der Waals surface area (Å²) in [7, 11) is 1.64. The highest BCUT2D eigenvalue weighted by Crippen LogP contribution is 2.22. The predicted molar refractivity (Wildman–Crippen MR) is 111 cm³/mol. The SMILES string of the molecule is CCc1cccc(C)c1NC(=O)c1ccc(NCc2ccccc2OC)nn1. The number of benzene rings is 2. The average molecular weight is 376 g/mol. The van der Waals surface area contributed by atoms with Gasteiger partial charge in [-0.3, -0.25) is 4.79 Å². The molecule has 3 aromatic rings. The molecule has 0 bridgehead atoms. The smallest absolute Gasteiger partial charge is 0.276 e. The van der Waals surface area contributed by atoms with Crippen LogP contribution in [0, 0.1) is 6.92 Å². The van der Waals surface area contributed by atoms with Gasteiger partial charge in [-0.2, -0.15) is 0 Å². The van der Waals surface area contributed by atoms with E-state index in [1.54, 1.807) is 19.2 Å². The molecule has 1 aromatic heterocycles. The van der Waals surface area contributed by atoms with E-state index in [-0.39, 0.29) is 11.6 Å². The van der Waals surface area contributed by atoms with Crippen LogP contribution in [0.4, 0.5) is 11.5 Å². The van der Waals surface area contributed by atoms with Crippen molar-refractivity contribution in [1.82, 2.24) is 10.2 Å². The normalized spacial score (nSPS) is 10.4. The molecule has 2 aromatic carbocycles. The zero-order valence-corrected chi connectivity index (χ0v) is 16.3. The molecule has 0 spiro atoms. The van der Waals surface area contributed by atoms with Gasteiger partial charge in [0.1, 0.15) is 11.6 Å². The van der Waals surface area contributed by atoms with Crippen molar-refractivity contribution < 1.29 is 9.53 Å². The summed E-state index contributed by atoms with van der Waals surface area (Å²) in [6, 6.07) is 17.2. The summed E-state index contributed by atoms with van der Waals surface area (Å²) >= 11 is 0. The van der Waals surface area contributed by atoms with E-state index < -0.39 is 0 Å². The number of methoxy groups -OCH3 is 1. The van der Waals surface area contributed by atoms with Gasteiger partial charge in [-0.25, -0.2) is 0 Å². The van der Waals surface area contributed by atoms with Crippen LogP contribution in [0.2, 0.25) is 0 Å². The van der Waals surface area contributed by atoms with Crippen molar-refractivity contribution in [2.45, 2.75) is 26.8 Å². The van der Waals surface area contributed by atoms with Gasteiger partial charge in [-0.15, -0.1) is 10.2 Å². The van der Waals surface area contributed by atoms with Gasteiger partial charge in [0.25, 0.3) is 5.91 Å². The highest BCUT2D eigenvalue weighted by atomic mass is 16.5. The molecular formula is C22H24N4O2. The van der Waals surface area contributed by atoms with Gasteiger partial charge in [0.15, 0.2) is 5.69 Å². The van der Waals surface area contributed by atoms with E-state index in [2.05, 4.69) is 27.8 Å². The summed E-state index contributed by atoms with van der Waals surface area (Å²) in [6.45, 7) is 4.59. The summed E-state index contributed by atoms with van der Waals surface area (Å²) in [4.78, 5) is 12.6. The van der Waals surface area contributed by atoms with E-state index in [1.165, 1.54) is 0 Å². The molecule has 28 heavy (non-hydrogen) atoms. The van der Waals surface area contributed by atoms with E-state index in [0.29, 0.717) is 12.4 Å². The van der Waals surface area contributed by atoms with Crippen molar-refractivity contribution in [3.8, 4) is 5.75 Å². The van der Waals surface area contributed by atoms with E-state index in [4.69, 9.17) is 4.74 Å². The second-order valence-electron chi connectivity index (χ2n) is 6.39. The number of hydrogen-bond donors (Lipinski definition) is 2. The number of rotatable bonds is 7. The Morgan fingerprint density at radius 2 is 1.79 bits per heavy atom. The number of anilines is 2. The summed E-state index contributed by atoms with van der Waals surface area (Å²) in [5, 5.41) is 14.3. The fourth-order valence-electron chi connectivity index (χ4n) is 2.96. The Morgan fingerprint density at radius 1 is 1.00 bits per heavy atom. The molecular weight excluding hydrogens is 352 g/mol. The van der Waals surface area contributed by atoms with E-state index in [0.717, 1.165) is 34.5 Å². The van der Waals surface area contributed by atoms with E-state index >= 15 is 0 Å². The predicted octanol–water partition coefficient (Wildman–Crippen LogP) is 4.22. The first-order valence-electron chi connectivity index (χ1n) is 9.21. The summed E-state index contributed by atoms with van der Waals surface area (Å²) < 4.78 is 5.34. The van der Waals surface area contributed by atoms with Gasteiger partial charge in [0.05, 0.1) is 7.11 Å². The fourth-order valence-corrected chi connectivity index (χ4v) is 2.96. The molecule has 0 radical (unpaired) electrons. The second-order valence-corrected chi connectivity index (χ2v) is 6.39. The highest BCUT2D eigenvalue weighted by Gasteiger charge is 2.12. The average Bonchev–Trinajstić information content (AvgIpc) is 2.74. The Hall–Kier alpha value is -3.41. The molecule has 0 atom stereocenters. The van der Waals surface area contributed by atoms with Crippen LogP contribution in [0.5, 0.6) is 5.75 Å². The zero-order valence-electron chi connectivity index (χ0n) is 16.3. The monoisotopic (exact) mass is 376 g/mol. The molecule has 0 saturated heterocycles. The Balaban J connectivity index is 1.66. The first kappa shape index (κ1) is 19.4. The topological polar surface area (TPSA) is 76.1 Å². The van der Waals surface area contributed by atoms with Gasteiger partial charge < -0.3 is 15.4 Å². The third-order valence-corrected chi connectivity index (χ3v) is 4.53. The van der Waals surface area contributed by atoms with Crippen LogP contribution in [-0.2, 0) is 13.0 Å². The molecule has 0 unspecified atom stereocenters. The van der Waals surface area contributed by atoms with E-state index in [9.17, 15) is 4.79 Å². The number of para-hydroxylation sites is 2. The molecule has 0 fully saturated rings. The summed E-state index contributed by atoms with van der Waals surface area (Å²) in [5.41, 5.74) is 4.25. The minimum atomic E-state index is -0.271. The highest BCUT2D eigenvalue weighted by molar-refractivity contribution is 6.03. The van der Waals surface area contributed by atoms with Gasteiger partial charge in [-0.05, 0) is 42.7 Å². The van der Waals surface area contributed by atoms with Crippen molar-refractivity contribution in [1.29, 1.82) is 0 Å². The maximum Gasteiger partial charge on any atom is 0.276 e. The number of carbonyl (C=O) groups is 1. The minimum absolute atomic E-state index is 0.271. The quantitative estimate of drug-likeness (QED) is 0.646. The number of nitrogens with zero attached hydrogens (tertiary/aromatic N) is 2. The lowest BCUT2D eigenvalue weighted by atomic mass is 10.1. The van der Waals surface area contributed by atoms with Crippen LogP contribution in [0.25, 0.3) is 0 Å². The van der Waals surface area contributed by atoms with Crippen LogP contribution in [0.15, 0.2) is 54.6 Å². The number of aryl methyl sites for hydroxylation is 2. The van der Waals surface area contributed by atoms with Crippen LogP contribution < -0.4 is 15.4 Å². The molecule has 6 nitrogen and oxygen atoms in total. The number of carbonyl (C=O) groups excluding carboxylic acids is 1. The lowest BCUT2D eigenvalue weighted by Gasteiger charge is -2.13.